The van der Waals surface area contributed by atoms with Crippen LogP contribution in [-0.2, 0) is 6.42 Å². The molecule has 2 atom stereocenters. The second-order valence-electron chi connectivity index (χ2n) is 5.31. The van der Waals surface area contributed by atoms with Crippen LogP contribution in [0.4, 0.5) is 0 Å². The number of nitrogens with two attached hydrogens (primary N) is 1. The summed E-state index contributed by atoms with van der Waals surface area (Å²) in [7, 11) is 1.68. The van der Waals surface area contributed by atoms with E-state index < -0.39 is 0 Å². The molecule has 4 N–H and O–H groups in total. The van der Waals surface area contributed by atoms with Crippen molar-refractivity contribution in [2.24, 2.45) is 5.73 Å². The maximum Gasteiger partial charge on any atom is 0.122 e. The van der Waals surface area contributed by atoms with Crippen molar-refractivity contribution in [3.63, 3.8) is 0 Å². The van der Waals surface area contributed by atoms with Gasteiger partial charge in [-0.05, 0) is 38.3 Å². The van der Waals surface area contributed by atoms with Crippen LogP contribution in [0, 0.1) is 0 Å². The smallest absolute Gasteiger partial charge is 0.122 e. The maximum absolute atomic E-state index is 8.99. The molecule has 0 bridgehead atoms. The lowest BCUT2D eigenvalue weighted by molar-refractivity contribution is 0.242. The zero-order valence-electron chi connectivity index (χ0n) is 12.1. The van der Waals surface area contributed by atoms with Crippen molar-refractivity contribution in [2.75, 3.05) is 20.3 Å². The predicted molar refractivity (Wildman–Crippen MR) is 78.5 cm³/mol. The number of aliphatic hydroxyl groups excluding tert-OH is 1. The third kappa shape index (κ3) is 4.82. The third-order valence-corrected chi connectivity index (χ3v) is 3.38. The van der Waals surface area contributed by atoms with Crippen molar-refractivity contribution in [3.8, 4) is 5.75 Å². The molecule has 1 rings (SSSR count). The molecule has 1 aromatic rings. The topological polar surface area (TPSA) is 67.5 Å². The van der Waals surface area contributed by atoms with E-state index in [4.69, 9.17) is 15.6 Å². The first kappa shape index (κ1) is 16.0. The van der Waals surface area contributed by atoms with Crippen molar-refractivity contribution in [1.82, 2.24) is 5.32 Å². The van der Waals surface area contributed by atoms with Gasteiger partial charge in [-0.25, -0.2) is 0 Å². The van der Waals surface area contributed by atoms with E-state index in [1.165, 1.54) is 0 Å². The van der Waals surface area contributed by atoms with E-state index in [0.717, 1.165) is 24.2 Å². The summed E-state index contributed by atoms with van der Waals surface area (Å²) in [5.41, 5.74) is 6.86. The summed E-state index contributed by atoms with van der Waals surface area (Å²) in [5, 5.41) is 12.5. The Morgan fingerprint density at radius 3 is 2.68 bits per heavy atom. The molecule has 4 heteroatoms. The number of hydrogen-bond donors (Lipinski definition) is 3. The normalized spacial score (nSPS) is 15.8. The van der Waals surface area contributed by atoms with Crippen LogP contribution < -0.4 is 15.8 Å². The number of nitrogens with one attached hydrogen (secondary N) is 1. The number of aliphatic hydroxyl groups is 1. The zero-order valence-corrected chi connectivity index (χ0v) is 12.1. The maximum atomic E-state index is 8.99. The van der Waals surface area contributed by atoms with Crippen molar-refractivity contribution in [2.45, 2.75) is 38.3 Å². The molecule has 0 saturated heterocycles. The number of benzene rings is 1. The lowest BCUT2D eigenvalue weighted by Crippen LogP contribution is -2.54. The lowest BCUT2D eigenvalue weighted by Gasteiger charge is -2.33. The fourth-order valence-electron chi connectivity index (χ4n) is 2.31. The van der Waals surface area contributed by atoms with E-state index in [-0.39, 0.29) is 18.2 Å². The van der Waals surface area contributed by atoms with Crippen LogP contribution in [-0.4, -0.2) is 36.9 Å². The minimum Gasteiger partial charge on any atom is -0.496 e. The number of ether oxygens (including phenoxy) is 1. The first-order valence-electron chi connectivity index (χ1n) is 6.75. The van der Waals surface area contributed by atoms with Gasteiger partial charge in [-0.3, -0.25) is 0 Å². The average molecular weight is 266 g/mol. The number of rotatable bonds is 8. The van der Waals surface area contributed by atoms with Crippen LogP contribution in [0.1, 0.15) is 25.8 Å². The van der Waals surface area contributed by atoms with E-state index in [2.05, 4.69) is 25.2 Å². The highest BCUT2D eigenvalue weighted by molar-refractivity contribution is 5.34. The van der Waals surface area contributed by atoms with Gasteiger partial charge in [-0.2, -0.15) is 0 Å². The van der Waals surface area contributed by atoms with Crippen molar-refractivity contribution >= 4 is 0 Å². The Balaban J connectivity index is 2.79. The van der Waals surface area contributed by atoms with Crippen molar-refractivity contribution < 1.29 is 9.84 Å². The molecule has 0 amide bonds. The summed E-state index contributed by atoms with van der Waals surface area (Å²) in [6.45, 7) is 4.88. The minimum absolute atomic E-state index is 0.184. The Hall–Kier alpha value is -1.10. The Kier molecular flexibility index (Phi) is 6.28. The summed E-state index contributed by atoms with van der Waals surface area (Å²) in [6.07, 6.45) is 1.52. The Labute approximate surface area is 116 Å². The fourth-order valence-corrected chi connectivity index (χ4v) is 2.31. The van der Waals surface area contributed by atoms with Crippen molar-refractivity contribution in [1.29, 1.82) is 0 Å². The second-order valence-corrected chi connectivity index (χ2v) is 5.31. The van der Waals surface area contributed by atoms with Gasteiger partial charge in [0.05, 0.1) is 7.11 Å². The molecule has 0 aliphatic rings. The van der Waals surface area contributed by atoms with Gasteiger partial charge in [0.1, 0.15) is 5.75 Å². The summed E-state index contributed by atoms with van der Waals surface area (Å²) in [4.78, 5) is 0. The molecule has 0 aromatic heterocycles. The third-order valence-electron chi connectivity index (χ3n) is 3.38. The van der Waals surface area contributed by atoms with Gasteiger partial charge in [-0.15, -0.1) is 0 Å². The van der Waals surface area contributed by atoms with Gasteiger partial charge < -0.3 is 20.9 Å². The fraction of sp³-hybridized carbons (Fsp3) is 0.600. The van der Waals surface area contributed by atoms with E-state index in [9.17, 15) is 0 Å². The molecule has 0 aliphatic heterocycles. The van der Waals surface area contributed by atoms with Crippen molar-refractivity contribution in [3.05, 3.63) is 29.8 Å². The SMILES string of the molecule is COc1ccccc1CC(C)(CN)NC(C)CCO. The Bertz CT molecular complexity index is 384. The lowest BCUT2D eigenvalue weighted by atomic mass is 9.91. The molecule has 0 fully saturated rings. The summed E-state index contributed by atoms with van der Waals surface area (Å²) in [6, 6.07) is 8.22. The quantitative estimate of drug-likeness (QED) is 0.664. The average Bonchev–Trinajstić information content (AvgIpc) is 2.39. The first-order chi connectivity index (χ1) is 9.04. The van der Waals surface area contributed by atoms with Crippen LogP contribution in [0.5, 0.6) is 5.75 Å². The summed E-state index contributed by atoms with van der Waals surface area (Å²) < 4.78 is 5.38. The highest BCUT2D eigenvalue weighted by atomic mass is 16.5. The van der Waals surface area contributed by atoms with Gasteiger partial charge in [0, 0.05) is 24.7 Å². The van der Waals surface area contributed by atoms with Gasteiger partial charge in [-0.1, -0.05) is 18.2 Å². The van der Waals surface area contributed by atoms with Crippen LogP contribution in [0.3, 0.4) is 0 Å². The molecule has 0 saturated carbocycles. The van der Waals surface area contributed by atoms with E-state index in [1.54, 1.807) is 7.11 Å². The Morgan fingerprint density at radius 1 is 1.42 bits per heavy atom. The molecule has 4 nitrogen and oxygen atoms in total. The predicted octanol–water partition coefficient (Wildman–Crippen LogP) is 1.32. The molecule has 108 valence electrons. The van der Waals surface area contributed by atoms with Gasteiger partial charge in [0.25, 0.3) is 0 Å². The van der Waals surface area contributed by atoms with E-state index >= 15 is 0 Å². The van der Waals surface area contributed by atoms with Crippen LogP contribution in [0.2, 0.25) is 0 Å². The molecule has 2 unspecified atom stereocenters. The van der Waals surface area contributed by atoms with Gasteiger partial charge >= 0.3 is 0 Å². The van der Waals surface area contributed by atoms with Gasteiger partial charge in [0.2, 0.25) is 0 Å². The minimum atomic E-state index is -0.205. The highest BCUT2D eigenvalue weighted by Crippen LogP contribution is 2.23. The zero-order chi connectivity index (χ0) is 14.3. The molecule has 0 spiro atoms. The largest absolute Gasteiger partial charge is 0.496 e. The summed E-state index contributed by atoms with van der Waals surface area (Å²) >= 11 is 0. The first-order valence-corrected chi connectivity index (χ1v) is 6.75. The van der Waals surface area contributed by atoms with Crippen LogP contribution >= 0.6 is 0 Å². The molecule has 0 radical (unpaired) electrons. The molecular formula is C15H26N2O2. The number of hydrogen-bond acceptors (Lipinski definition) is 4. The van der Waals surface area contributed by atoms with Gasteiger partial charge in [0.15, 0.2) is 0 Å². The number of methoxy groups -OCH3 is 1. The van der Waals surface area contributed by atoms with Crippen LogP contribution in [0.15, 0.2) is 24.3 Å². The molecular weight excluding hydrogens is 240 g/mol. The number of para-hydroxylation sites is 1. The monoisotopic (exact) mass is 266 g/mol. The molecule has 1 aromatic carbocycles. The molecule has 19 heavy (non-hydrogen) atoms. The Morgan fingerprint density at radius 2 is 2.11 bits per heavy atom. The van der Waals surface area contributed by atoms with Crippen LogP contribution in [0.25, 0.3) is 0 Å². The molecule has 0 aliphatic carbocycles. The van der Waals surface area contributed by atoms with E-state index in [0.29, 0.717) is 6.54 Å². The van der Waals surface area contributed by atoms with E-state index in [1.807, 2.05) is 18.2 Å². The summed E-state index contributed by atoms with van der Waals surface area (Å²) in [5.74, 6) is 0.888. The standard InChI is InChI=1S/C15H26N2O2/c1-12(8-9-18)17-15(2,11-16)10-13-6-4-5-7-14(13)19-3/h4-7,12,17-18H,8-11,16H2,1-3H3. The molecule has 0 heterocycles. The second kappa shape index (κ2) is 7.48. The highest BCUT2D eigenvalue weighted by Gasteiger charge is 2.25.